The Hall–Kier alpha value is -3.05. The molecule has 0 aromatic heterocycles. The Kier molecular flexibility index (Phi) is 7.16. The van der Waals surface area contributed by atoms with Crippen molar-refractivity contribution in [3.63, 3.8) is 0 Å². The number of amides is 2. The molecule has 0 saturated carbocycles. The maximum atomic E-state index is 12.4. The number of carbonyl (C=O) groups excluding carboxylic acids is 2. The van der Waals surface area contributed by atoms with Crippen LogP contribution in [0.25, 0.3) is 0 Å². The number of benzene rings is 1. The summed E-state index contributed by atoms with van der Waals surface area (Å²) < 4.78 is 5.25. The minimum atomic E-state index is -0.726. The van der Waals surface area contributed by atoms with E-state index < -0.39 is 17.6 Å². The van der Waals surface area contributed by atoms with Crippen LogP contribution in [0, 0.1) is 18.3 Å². The topological polar surface area (TPSA) is 129 Å². The smallest absolute Gasteiger partial charge is 0.414 e. The third kappa shape index (κ3) is 6.45. The average Bonchev–Trinajstić information content (AvgIpc) is 2.52. The highest BCUT2D eigenvalue weighted by atomic mass is 16.6. The van der Waals surface area contributed by atoms with Gasteiger partial charge < -0.3 is 20.9 Å². The van der Waals surface area contributed by atoms with Gasteiger partial charge in [-0.2, -0.15) is 5.26 Å². The Morgan fingerprint density at radius 1 is 1.42 bits per heavy atom. The molecule has 26 heavy (non-hydrogen) atoms. The van der Waals surface area contributed by atoms with Crippen molar-refractivity contribution in [3.05, 3.63) is 35.5 Å². The van der Waals surface area contributed by atoms with Crippen LogP contribution in [0.2, 0.25) is 0 Å². The van der Waals surface area contributed by atoms with Gasteiger partial charge in [-0.3, -0.25) is 9.69 Å². The fourth-order valence-corrected chi connectivity index (χ4v) is 1.94. The number of carbonyl (C=O) groups is 2. The van der Waals surface area contributed by atoms with E-state index in [0.29, 0.717) is 11.3 Å². The molecule has 1 aromatic carbocycles. The first-order valence-electron chi connectivity index (χ1n) is 8.00. The van der Waals surface area contributed by atoms with Crippen LogP contribution in [0.5, 0.6) is 5.75 Å². The lowest BCUT2D eigenvalue weighted by atomic mass is 10.1. The molecule has 4 N–H and O–H groups in total. The van der Waals surface area contributed by atoms with Gasteiger partial charge in [-0.25, -0.2) is 4.79 Å². The zero-order valence-electron chi connectivity index (χ0n) is 15.4. The summed E-state index contributed by atoms with van der Waals surface area (Å²) in [5.41, 5.74) is 5.56. The van der Waals surface area contributed by atoms with Crippen molar-refractivity contribution >= 4 is 17.7 Å². The molecule has 0 radical (unpaired) electrons. The first-order chi connectivity index (χ1) is 12.1. The van der Waals surface area contributed by atoms with E-state index in [1.807, 2.05) is 0 Å². The number of nitrogens with two attached hydrogens (primary N) is 1. The van der Waals surface area contributed by atoms with Gasteiger partial charge in [-0.05, 0) is 51.5 Å². The molecular weight excluding hydrogens is 336 g/mol. The lowest BCUT2D eigenvalue weighted by Crippen LogP contribution is -2.37. The summed E-state index contributed by atoms with van der Waals surface area (Å²) in [6, 6.07) is 6.18. The van der Waals surface area contributed by atoms with Crippen molar-refractivity contribution in [1.29, 1.82) is 5.26 Å². The molecule has 0 heterocycles. The van der Waals surface area contributed by atoms with Gasteiger partial charge in [0.2, 0.25) is 0 Å². The molecule has 0 unspecified atom stereocenters. The standard InChI is InChI=1S/C18H24N4O4/c1-12-9-14(23)5-6-15(12)21-16(24)13(10-20)11-22(8-7-19)17(25)26-18(2,3)4/h5-6,9,11,23H,7-8,19H2,1-4H3,(H,21,24)/b13-11-. The molecule has 0 bridgehead atoms. The van der Waals surface area contributed by atoms with Crippen molar-refractivity contribution in [2.45, 2.75) is 33.3 Å². The number of hydrogen-bond acceptors (Lipinski definition) is 6. The van der Waals surface area contributed by atoms with Crippen LogP contribution in [0.15, 0.2) is 30.0 Å². The van der Waals surface area contributed by atoms with Crippen molar-refractivity contribution in [3.8, 4) is 11.8 Å². The van der Waals surface area contributed by atoms with E-state index in [2.05, 4.69) is 5.32 Å². The number of aryl methyl sites for hydroxylation is 1. The number of nitrogens with zero attached hydrogens (tertiary/aromatic N) is 2. The van der Waals surface area contributed by atoms with Crippen LogP contribution in [-0.4, -0.2) is 40.7 Å². The highest BCUT2D eigenvalue weighted by Gasteiger charge is 2.22. The van der Waals surface area contributed by atoms with E-state index in [0.717, 1.165) is 11.1 Å². The Labute approximate surface area is 152 Å². The Balaban J connectivity index is 3.02. The highest BCUT2D eigenvalue weighted by Crippen LogP contribution is 2.20. The first-order valence-corrected chi connectivity index (χ1v) is 8.00. The van der Waals surface area contributed by atoms with E-state index in [1.165, 1.54) is 18.2 Å². The van der Waals surface area contributed by atoms with Gasteiger partial charge in [0.15, 0.2) is 0 Å². The van der Waals surface area contributed by atoms with Gasteiger partial charge >= 0.3 is 6.09 Å². The van der Waals surface area contributed by atoms with Crippen LogP contribution in [0.3, 0.4) is 0 Å². The molecule has 8 nitrogen and oxygen atoms in total. The summed E-state index contributed by atoms with van der Waals surface area (Å²) in [6.07, 6.45) is 0.413. The molecule has 2 amide bonds. The number of nitriles is 1. The molecule has 140 valence electrons. The molecule has 0 aliphatic rings. The lowest BCUT2D eigenvalue weighted by molar-refractivity contribution is -0.112. The number of hydrogen-bond donors (Lipinski definition) is 3. The molecule has 1 rings (SSSR count). The molecule has 1 aromatic rings. The Morgan fingerprint density at radius 2 is 2.08 bits per heavy atom. The van der Waals surface area contributed by atoms with E-state index in [4.69, 9.17) is 10.5 Å². The second kappa shape index (κ2) is 8.87. The third-order valence-electron chi connectivity index (χ3n) is 3.11. The maximum absolute atomic E-state index is 12.4. The molecule has 8 heteroatoms. The van der Waals surface area contributed by atoms with E-state index in [1.54, 1.807) is 33.8 Å². The fourth-order valence-electron chi connectivity index (χ4n) is 1.94. The predicted octanol–water partition coefficient (Wildman–Crippen LogP) is 2.24. The fraction of sp³-hybridized carbons (Fsp3) is 0.389. The average molecular weight is 360 g/mol. The Morgan fingerprint density at radius 3 is 2.58 bits per heavy atom. The monoisotopic (exact) mass is 360 g/mol. The number of rotatable bonds is 5. The highest BCUT2D eigenvalue weighted by molar-refractivity contribution is 6.07. The minimum Gasteiger partial charge on any atom is -0.508 e. The van der Waals surface area contributed by atoms with Crippen LogP contribution in [0.4, 0.5) is 10.5 Å². The molecule has 0 aliphatic carbocycles. The van der Waals surface area contributed by atoms with Gasteiger partial charge in [0.05, 0.1) is 0 Å². The summed E-state index contributed by atoms with van der Waals surface area (Å²) in [4.78, 5) is 25.7. The van der Waals surface area contributed by atoms with Crippen molar-refractivity contribution in [2.75, 3.05) is 18.4 Å². The SMILES string of the molecule is Cc1cc(O)ccc1NC(=O)/C(C#N)=C\N(CCN)C(=O)OC(C)(C)C. The van der Waals surface area contributed by atoms with Crippen LogP contribution in [-0.2, 0) is 9.53 Å². The largest absolute Gasteiger partial charge is 0.508 e. The molecule has 0 saturated heterocycles. The summed E-state index contributed by atoms with van der Waals surface area (Å²) in [5, 5.41) is 21.3. The van der Waals surface area contributed by atoms with Gasteiger partial charge in [0.25, 0.3) is 5.91 Å². The first kappa shape index (κ1) is 21.0. The maximum Gasteiger partial charge on any atom is 0.414 e. The van der Waals surface area contributed by atoms with Gasteiger partial charge in [-0.1, -0.05) is 0 Å². The second-order valence-corrected chi connectivity index (χ2v) is 6.57. The Bertz CT molecular complexity index is 745. The molecule has 0 spiro atoms. The van der Waals surface area contributed by atoms with Crippen LogP contribution >= 0.6 is 0 Å². The zero-order chi connectivity index (χ0) is 19.9. The van der Waals surface area contributed by atoms with E-state index in [9.17, 15) is 20.0 Å². The zero-order valence-corrected chi connectivity index (χ0v) is 15.4. The van der Waals surface area contributed by atoms with Crippen molar-refractivity contribution < 1.29 is 19.4 Å². The van der Waals surface area contributed by atoms with Crippen LogP contribution < -0.4 is 11.1 Å². The molecule has 0 fully saturated rings. The number of phenols is 1. The summed E-state index contributed by atoms with van der Waals surface area (Å²) in [7, 11) is 0. The second-order valence-electron chi connectivity index (χ2n) is 6.57. The van der Waals surface area contributed by atoms with Gasteiger partial charge in [0.1, 0.15) is 23.0 Å². The molecule has 0 atom stereocenters. The quantitative estimate of drug-likeness (QED) is 0.419. The van der Waals surface area contributed by atoms with E-state index in [-0.39, 0.29) is 24.4 Å². The number of aromatic hydroxyl groups is 1. The van der Waals surface area contributed by atoms with E-state index >= 15 is 0 Å². The summed E-state index contributed by atoms with van der Waals surface area (Å²) >= 11 is 0. The lowest BCUT2D eigenvalue weighted by Gasteiger charge is -2.25. The number of anilines is 1. The summed E-state index contributed by atoms with van der Waals surface area (Å²) in [5.74, 6) is -0.623. The normalized spacial score (nSPS) is 11.5. The number of phenolic OH excluding ortho intramolecular Hbond substituents is 1. The van der Waals surface area contributed by atoms with Crippen molar-refractivity contribution in [2.24, 2.45) is 5.73 Å². The van der Waals surface area contributed by atoms with Crippen molar-refractivity contribution in [1.82, 2.24) is 4.90 Å². The summed E-state index contributed by atoms with van der Waals surface area (Å²) in [6.45, 7) is 7.05. The predicted molar refractivity (Wildman–Crippen MR) is 97.2 cm³/mol. The molecular formula is C18H24N4O4. The van der Waals surface area contributed by atoms with Gasteiger partial charge in [-0.15, -0.1) is 0 Å². The molecule has 0 aliphatic heterocycles. The number of nitrogens with one attached hydrogen (secondary N) is 1. The van der Waals surface area contributed by atoms with Crippen LogP contribution in [0.1, 0.15) is 26.3 Å². The minimum absolute atomic E-state index is 0.0654. The third-order valence-corrected chi connectivity index (χ3v) is 3.11. The number of ether oxygens (including phenoxy) is 1. The van der Waals surface area contributed by atoms with Gasteiger partial charge in [0, 0.05) is 25.0 Å².